The van der Waals surface area contributed by atoms with Crippen LogP contribution in [0.2, 0.25) is 0 Å². The molecule has 0 fully saturated rings. The summed E-state index contributed by atoms with van der Waals surface area (Å²) < 4.78 is 5.42. The highest BCUT2D eigenvalue weighted by atomic mass is 16.5. The first-order chi connectivity index (χ1) is 15.4. The third-order valence-corrected chi connectivity index (χ3v) is 5.88. The van der Waals surface area contributed by atoms with Gasteiger partial charge in [-0.3, -0.25) is 9.59 Å². The Balaban J connectivity index is 1.84. The fourth-order valence-corrected chi connectivity index (χ4v) is 3.86. The van der Waals surface area contributed by atoms with Gasteiger partial charge in [0.2, 0.25) is 0 Å². The molecule has 5 heteroatoms. The summed E-state index contributed by atoms with van der Waals surface area (Å²) in [5.74, 6) is 0.267. The van der Waals surface area contributed by atoms with E-state index in [-0.39, 0.29) is 18.0 Å². The lowest BCUT2D eigenvalue weighted by Crippen LogP contribution is -2.33. The number of nitrogens with one attached hydrogen (secondary N) is 1. The molecule has 4 rings (SSSR count). The SMILES string of the molecule is COc1ccccc1C(=O)N(Cc1cc2cccc(C)c2[nH]c1=O)c1ccc(C)c(C)c1. The van der Waals surface area contributed by atoms with Gasteiger partial charge in [0.05, 0.1) is 24.7 Å². The maximum Gasteiger partial charge on any atom is 0.262 e. The third-order valence-electron chi connectivity index (χ3n) is 5.88. The van der Waals surface area contributed by atoms with Crippen LogP contribution < -0.4 is 15.2 Å². The standard InChI is InChI=1S/C27H26N2O3/c1-17-12-13-22(14-19(17)3)29(27(31)23-10-5-6-11-24(23)32-4)16-21-15-20-9-7-8-18(2)25(20)28-26(21)30/h5-15H,16H2,1-4H3,(H,28,30). The normalized spacial score (nSPS) is 10.9. The van der Waals surface area contributed by atoms with Gasteiger partial charge in [0, 0.05) is 11.3 Å². The predicted molar refractivity (Wildman–Crippen MR) is 129 cm³/mol. The molecule has 1 N–H and O–H groups in total. The molecule has 0 aliphatic rings. The fraction of sp³-hybridized carbons (Fsp3) is 0.185. The van der Waals surface area contributed by atoms with Crippen LogP contribution in [0.25, 0.3) is 10.9 Å². The number of aromatic amines is 1. The van der Waals surface area contributed by atoms with Gasteiger partial charge in [-0.2, -0.15) is 0 Å². The van der Waals surface area contributed by atoms with Gasteiger partial charge in [-0.15, -0.1) is 0 Å². The summed E-state index contributed by atoms with van der Waals surface area (Å²) in [4.78, 5) is 31.2. The van der Waals surface area contributed by atoms with Gasteiger partial charge in [0.15, 0.2) is 0 Å². The van der Waals surface area contributed by atoms with Crippen LogP contribution >= 0.6 is 0 Å². The third kappa shape index (κ3) is 4.02. The van der Waals surface area contributed by atoms with Crippen molar-refractivity contribution >= 4 is 22.5 Å². The topological polar surface area (TPSA) is 62.4 Å². The smallest absolute Gasteiger partial charge is 0.262 e. The number of hydrogen-bond acceptors (Lipinski definition) is 3. The van der Waals surface area contributed by atoms with E-state index < -0.39 is 0 Å². The number of benzene rings is 3. The van der Waals surface area contributed by atoms with Gasteiger partial charge in [-0.25, -0.2) is 0 Å². The van der Waals surface area contributed by atoms with Gasteiger partial charge in [0.25, 0.3) is 11.5 Å². The van der Waals surface area contributed by atoms with Crippen molar-refractivity contribution in [3.63, 3.8) is 0 Å². The summed E-state index contributed by atoms with van der Waals surface area (Å²) in [6.45, 7) is 6.14. The van der Waals surface area contributed by atoms with E-state index in [9.17, 15) is 9.59 Å². The zero-order valence-corrected chi connectivity index (χ0v) is 18.7. The van der Waals surface area contributed by atoms with Crippen molar-refractivity contribution in [2.45, 2.75) is 27.3 Å². The average molecular weight is 427 g/mol. The Kier molecular flexibility index (Phi) is 5.82. The molecular weight excluding hydrogens is 400 g/mol. The highest BCUT2D eigenvalue weighted by molar-refractivity contribution is 6.08. The number of ether oxygens (including phenoxy) is 1. The summed E-state index contributed by atoms with van der Waals surface area (Å²) in [6.07, 6.45) is 0. The summed E-state index contributed by atoms with van der Waals surface area (Å²) in [7, 11) is 1.54. The second-order valence-corrected chi connectivity index (χ2v) is 8.02. The number of nitrogens with zero attached hydrogens (tertiary/aromatic N) is 1. The van der Waals surface area contributed by atoms with Crippen LogP contribution in [0, 0.1) is 20.8 Å². The van der Waals surface area contributed by atoms with Crippen molar-refractivity contribution in [3.05, 3.63) is 105 Å². The maximum atomic E-state index is 13.7. The fourth-order valence-electron chi connectivity index (χ4n) is 3.86. The maximum absolute atomic E-state index is 13.7. The number of carbonyl (C=O) groups excluding carboxylic acids is 1. The Morgan fingerprint density at radius 2 is 1.69 bits per heavy atom. The number of hydrogen-bond donors (Lipinski definition) is 1. The van der Waals surface area contributed by atoms with E-state index in [1.165, 1.54) is 0 Å². The number of para-hydroxylation sites is 2. The Morgan fingerprint density at radius 1 is 0.906 bits per heavy atom. The van der Waals surface area contributed by atoms with Gasteiger partial charge < -0.3 is 14.6 Å². The zero-order chi connectivity index (χ0) is 22.8. The predicted octanol–water partition coefficient (Wildman–Crippen LogP) is 5.31. The first kappa shape index (κ1) is 21.4. The number of methoxy groups -OCH3 is 1. The molecule has 0 saturated carbocycles. The van der Waals surface area contributed by atoms with Gasteiger partial charge >= 0.3 is 0 Å². The molecule has 0 bridgehead atoms. The highest BCUT2D eigenvalue weighted by Crippen LogP contribution is 2.27. The molecule has 0 unspecified atom stereocenters. The van der Waals surface area contributed by atoms with Gasteiger partial charge in [0.1, 0.15) is 5.75 Å². The minimum Gasteiger partial charge on any atom is -0.496 e. The van der Waals surface area contributed by atoms with Crippen molar-refractivity contribution in [1.29, 1.82) is 0 Å². The van der Waals surface area contributed by atoms with Crippen molar-refractivity contribution in [3.8, 4) is 5.75 Å². The molecule has 4 aromatic rings. The van der Waals surface area contributed by atoms with Crippen LogP contribution in [0.5, 0.6) is 5.75 Å². The monoisotopic (exact) mass is 426 g/mol. The van der Waals surface area contributed by atoms with Crippen molar-refractivity contribution < 1.29 is 9.53 Å². The minimum atomic E-state index is -0.227. The van der Waals surface area contributed by atoms with Crippen molar-refractivity contribution in [2.24, 2.45) is 0 Å². The molecule has 1 amide bonds. The molecule has 162 valence electrons. The van der Waals surface area contributed by atoms with Crippen LogP contribution in [0.1, 0.15) is 32.6 Å². The van der Waals surface area contributed by atoms with E-state index in [1.807, 2.05) is 69.3 Å². The number of anilines is 1. The Morgan fingerprint density at radius 3 is 2.44 bits per heavy atom. The molecule has 5 nitrogen and oxygen atoms in total. The molecule has 0 aliphatic heterocycles. The summed E-state index contributed by atoms with van der Waals surface area (Å²) in [5.41, 5.74) is 5.52. The van der Waals surface area contributed by atoms with E-state index >= 15 is 0 Å². The molecule has 0 atom stereocenters. The van der Waals surface area contributed by atoms with Crippen molar-refractivity contribution in [1.82, 2.24) is 4.98 Å². The highest BCUT2D eigenvalue weighted by Gasteiger charge is 2.23. The summed E-state index contributed by atoms with van der Waals surface area (Å²) >= 11 is 0. The Hall–Kier alpha value is -3.86. The number of pyridine rings is 1. The second-order valence-electron chi connectivity index (χ2n) is 8.02. The number of rotatable bonds is 5. The van der Waals surface area contributed by atoms with Crippen molar-refractivity contribution in [2.75, 3.05) is 12.0 Å². The van der Waals surface area contributed by atoms with E-state index in [2.05, 4.69) is 4.98 Å². The lowest BCUT2D eigenvalue weighted by atomic mass is 10.1. The van der Waals surface area contributed by atoms with E-state index in [0.717, 1.165) is 33.3 Å². The molecule has 0 radical (unpaired) electrons. The lowest BCUT2D eigenvalue weighted by molar-refractivity contribution is 0.0982. The largest absolute Gasteiger partial charge is 0.496 e. The molecule has 3 aromatic carbocycles. The Labute approximate surface area is 187 Å². The Bertz CT molecular complexity index is 1370. The summed E-state index contributed by atoms with van der Waals surface area (Å²) in [6, 6.07) is 20.8. The van der Waals surface area contributed by atoms with Crippen LogP contribution in [0.4, 0.5) is 5.69 Å². The number of aromatic nitrogens is 1. The molecule has 0 spiro atoms. The second kappa shape index (κ2) is 8.71. The van der Waals surface area contributed by atoms with E-state index in [4.69, 9.17) is 4.74 Å². The zero-order valence-electron chi connectivity index (χ0n) is 18.7. The number of amides is 1. The average Bonchev–Trinajstić information content (AvgIpc) is 2.80. The van der Waals surface area contributed by atoms with E-state index in [1.54, 1.807) is 30.2 Å². The quantitative estimate of drug-likeness (QED) is 0.470. The van der Waals surface area contributed by atoms with Crippen LogP contribution in [-0.2, 0) is 6.54 Å². The van der Waals surface area contributed by atoms with E-state index in [0.29, 0.717) is 16.9 Å². The van der Waals surface area contributed by atoms with Gasteiger partial charge in [-0.1, -0.05) is 36.4 Å². The lowest BCUT2D eigenvalue weighted by Gasteiger charge is -2.24. The number of aryl methyl sites for hydroxylation is 3. The first-order valence-electron chi connectivity index (χ1n) is 10.5. The molecule has 0 aliphatic carbocycles. The molecule has 0 saturated heterocycles. The van der Waals surface area contributed by atoms with Crippen LogP contribution in [0.15, 0.2) is 71.5 Å². The van der Waals surface area contributed by atoms with Crippen LogP contribution in [-0.4, -0.2) is 18.0 Å². The van der Waals surface area contributed by atoms with Gasteiger partial charge in [-0.05, 0) is 73.2 Å². The molecular formula is C27H26N2O3. The number of H-pyrrole nitrogens is 1. The summed E-state index contributed by atoms with van der Waals surface area (Å²) in [5, 5.41) is 0.935. The molecule has 1 aromatic heterocycles. The first-order valence-corrected chi connectivity index (χ1v) is 10.5. The van der Waals surface area contributed by atoms with Crippen LogP contribution in [0.3, 0.4) is 0 Å². The molecule has 32 heavy (non-hydrogen) atoms. The number of carbonyl (C=O) groups is 1. The number of fused-ring (bicyclic) bond motifs is 1. The minimum absolute atomic E-state index is 0.137. The molecule has 1 heterocycles.